The number of para-hydroxylation sites is 6. The molecule has 11 aromatic rings. The van der Waals surface area contributed by atoms with Crippen molar-refractivity contribution in [3.63, 3.8) is 0 Å². The van der Waals surface area contributed by atoms with E-state index in [2.05, 4.69) is 176 Å². The summed E-state index contributed by atoms with van der Waals surface area (Å²) in [6.45, 7) is 8.32. The van der Waals surface area contributed by atoms with Gasteiger partial charge in [-0.25, -0.2) is 4.85 Å². The highest BCUT2D eigenvalue weighted by atomic mass is 15.1. The minimum Gasteiger partial charge on any atom is -0.318 e. The monoisotopic (exact) mass is 699 g/mol. The Balaban J connectivity index is 1.21. The molecule has 0 aliphatic heterocycles. The highest BCUT2D eigenvalue weighted by molar-refractivity contribution is 6.15. The van der Waals surface area contributed by atoms with Crippen LogP contribution < -0.4 is 0 Å². The quantitative estimate of drug-likeness (QED) is 0.169. The first-order chi connectivity index (χ1) is 27.2. The minimum absolute atomic E-state index is 0.597. The second-order valence-corrected chi connectivity index (χ2v) is 13.9. The highest BCUT2D eigenvalue weighted by Crippen LogP contribution is 2.43. The molecule has 8 aromatic carbocycles. The molecule has 0 amide bonds. The molecule has 0 bridgehead atoms. The third-order valence-electron chi connectivity index (χ3n) is 11.1. The van der Waals surface area contributed by atoms with E-state index in [-0.39, 0.29) is 0 Å². The molecule has 3 heterocycles. The first kappa shape index (κ1) is 30.7. The molecule has 0 aliphatic rings. The van der Waals surface area contributed by atoms with E-state index in [1.165, 1.54) is 5.39 Å². The molecule has 11 rings (SSSR count). The molecular formula is C50H29N5. The van der Waals surface area contributed by atoms with E-state index in [1.807, 2.05) is 24.3 Å². The number of fused-ring (bicyclic) bond motifs is 9. The van der Waals surface area contributed by atoms with Crippen LogP contribution in [0.3, 0.4) is 0 Å². The van der Waals surface area contributed by atoms with Crippen LogP contribution >= 0.6 is 0 Å². The van der Waals surface area contributed by atoms with E-state index in [9.17, 15) is 5.26 Å². The summed E-state index contributed by atoms with van der Waals surface area (Å²) in [6.07, 6.45) is 0. The van der Waals surface area contributed by atoms with Crippen molar-refractivity contribution in [2.75, 3.05) is 0 Å². The molecule has 0 spiro atoms. The van der Waals surface area contributed by atoms with Crippen LogP contribution in [0.4, 0.5) is 5.69 Å². The summed E-state index contributed by atoms with van der Waals surface area (Å²) < 4.78 is 6.98. The van der Waals surface area contributed by atoms with Gasteiger partial charge >= 0.3 is 0 Å². The lowest BCUT2D eigenvalue weighted by Crippen LogP contribution is -2.01. The van der Waals surface area contributed by atoms with Crippen molar-refractivity contribution < 1.29 is 0 Å². The highest BCUT2D eigenvalue weighted by Gasteiger charge is 2.22. The zero-order valence-corrected chi connectivity index (χ0v) is 29.5. The summed E-state index contributed by atoms with van der Waals surface area (Å²) in [4.78, 5) is 4.08. The van der Waals surface area contributed by atoms with Gasteiger partial charge in [0, 0.05) is 38.0 Å². The van der Waals surface area contributed by atoms with Crippen molar-refractivity contribution in [1.82, 2.24) is 13.7 Å². The Morgan fingerprint density at radius 3 is 1.67 bits per heavy atom. The Morgan fingerprint density at radius 2 is 1.00 bits per heavy atom. The number of rotatable bonds is 4. The first-order valence-electron chi connectivity index (χ1n) is 18.3. The van der Waals surface area contributed by atoms with E-state index < -0.39 is 0 Å². The molecule has 0 saturated carbocycles. The Hall–Kier alpha value is -7.86. The first-order valence-corrected chi connectivity index (χ1v) is 18.3. The molecule has 0 aliphatic carbocycles. The summed E-state index contributed by atoms with van der Waals surface area (Å²) in [5, 5.41) is 16.6. The van der Waals surface area contributed by atoms with Crippen LogP contribution in [0.2, 0.25) is 0 Å². The van der Waals surface area contributed by atoms with Gasteiger partial charge in [0.05, 0.1) is 62.7 Å². The van der Waals surface area contributed by atoms with E-state index in [4.69, 9.17) is 6.57 Å². The fourth-order valence-electron chi connectivity index (χ4n) is 8.82. The van der Waals surface area contributed by atoms with E-state index >= 15 is 0 Å². The van der Waals surface area contributed by atoms with Crippen LogP contribution in [0.5, 0.6) is 0 Å². The predicted octanol–water partition coefficient (Wildman–Crippen LogP) is 13.1. The van der Waals surface area contributed by atoms with Crippen LogP contribution in [0.15, 0.2) is 176 Å². The molecule has 5 heteroatoms. The number of aromatic nitrogens is 3. The van der Waals surface area contributed by atoms with Crippen LogP contribution in [0.25, 0.3) is 98.5 Å². The Morgan fingerprint density at radius 1 is 0.455 bits per heavy atom. The largest absolute Gasteiger partial charge is 0.318 e. The van der Waals surface area contributed by atoms with Crippen molar-refractivity contribution in [2.45, 2.75) is 0 Å². The lowest BCUT2D eigenvalue weighted by atomic mass is 10.0. The lowest BCUT2D eigenvalue weighted by molar-refractivity contribution is 1.13. The Kier molecular flexibility index (Phi) is 6.61. The minimum atomic E-state index is 0.597. The summed E-state index contributed by atoms with van der Waals surface area (Å²) >= 11 is 0. The third kappa shape index (κ3) is 4.39. The number of nitriles is 1. The van der Waals surface area contributed by atoms with Crippen LogP contribution in [-0.2, 0) is 0 Å². The van der Waals surface area contributed by atoms with Crippen molar-refractivity contribution in [2.24, 2.45) is 0 Å². The van der Waals surface area contributed by atoms with Crippen molar-refractivity contribution in [3.8, 4) is 34.3 Å². The van der Waals surface area contributed by atoms with Gasteiger partial charge in [-0.2, -0.15) is 5.26 Å². The van der Waals surface area contributed by atoms with E-state index in [0.717, 1.165) is 88.2 Å². The molecule has 5 nitrogen and oxygen atoms in total. The van der Waals surface area contributed by atoms with Gasteiger partial charge in [-0.15, -0.1) is 0 Å². The predicted molar refractivity (Wildman–Crippen MR) is 226 cm³/mol. The lowest BCUT2D eigenvalue weighted by Gasteiger charge is -2.18. The van der Waals surface area contributed by atoms with Crippen molar-refractivity contribution in [1.29, 1.82) is 5.26 Å². The normalized spacial score (nSPS) is 11.6. The number of hydrogen-bond acceptors (Lipinski definition) is 1. The van der Waals surface area contributed by atoms with Gasteiger partial charge in [0.25, 0.3) is 0 Å². The maximum absolute atomic E-state index is 9.80. The molecule has 55 heavy (non-hydrogen) atoms. The topological polar surface area (TPSA) is 42.9 Å². The van der Waals surface area contributed by atoms with Gasteiger partial charge < -0.3 is 13.7 Å². The van der Waals surface area contributed by atoms with E-state index in [0.29, 0.717) is 11.3 Å². The molecule has 0 N–H and O–H groups in total. The summed E-state index contributed by atoms with van der Waals surface area (Å²) in [6, 6.07) is 63.6. The molecule has 3 aromatic heterocycles. The summed E-state index contributed by atoms with van der Waals surface area (Å²) in [5.41, 5.74) is 12.6. The molecule has 0 fully saturated rings. The Bertz CT molecular complexity index is 3420. The fourth-order valence-corrected chi connectivity index (χ4v) is 8.82. The van der Waals surface area contributed by atoms with Crippen LogP contribution in [0.1, 0.15) is 5.56 Å². The van der Waals surface area contributed by atoms with Gasteiger partial charge in [-0.1, -0.05) is 115 Å². The van der Waals surface area contributed by atoms with Gasteiger partial charge in [0.15, 0.2) is 0 Å². The number of nitrogens with zero attached hydrogens (tertiary/aromatic N) is 5. The Labute approximate surface area is 316 Å². The average Bonchev–Trinajstić information content (AvgIpc) is 3.89. The molecule has 0 radical (unpaired) electrons. The molecule has 0 atom stereocenters. The second kappa shape index (κ2) is 11.8. The standard InChI is InChI=1S/C50H29N5/c1-52-42-21-11-19-35(49(42)55-45-24-8-2-15-36(45)37-16-3-9-25-46(37)55)33-13-10-14-34(30-33)53-43-22-6-4-17-38(43)40-20-12-26-48(50(40)53)54-44-23-7-5-18-39(44)41-29-32(31-51)27-28-47(41)54/h2-30H. The maximum atomic E-state index is 9.80. The SMILES string of the molecule is [C-]#[N+]c1cccc(-c2cccc(-n3c4ccccc4c4cccc(-n5c6ccccc6c6cc(C#N)ccc65)c43)c2)c1-n1c2ccccc2c2ccccc21. The molecule has 254 valence electrons. The maximum Gasteiger partial charge on any atom is 0.211 e. The van der Waals surface area contributed by atoms with Gasteiger partial charge in [0.2, 0.25) is 5.69 Å². The molecule has 0 unspecified atom stereocenters. The molecular weight excluding hydrogens is 671 g/mol. The average molecular weight is 700 g/mol. The summed E-state index contributed by atoms with van der Waals surface area (Å²) in [7, 11) is 0. The number of hydrogen-bond donors (Lipinski definition) is 0. The van der Waals surface area contributed by atoms with Crippen LogP contribution in [-0.4, -0.2) is 13.7 Å². The second-order valence-electron chi connectivity index (χ2n) is 13.9. The van der Waals surface area contributed by atoms with Gasteiger partial charge in [-0.05, 0) is 71.8 Å². The molecule has 0 saturated heterocycles. The van der Waals surface area contributed by atoms with Crippen LogP contribution in [0, 0.1) is 17.9 Å². The summed E-state index contributed by atoms with van der Waals surface area (Å²) in [5.74, 6) is 0. The smallest absolute Gasteiger partial charge is 0.211 e. The van der Waals surface area contributed by atoms with Crippen molar-refractivity contribution >= 4 is 71.1 Å². The third-order valence-corrected chi connectivity index (χ3v) is 11.1. The number of benzene rings is 8. The van der Waals surface area contributed by atoms with Crippen molar-refractivity contribution in [3.05, 3.63) is 193 Å². The zero-order chi connectivity index (χ0) is 36.6. The van der Waals surface area contributed by atoms with Gasteiger partial charge in [-0.3, -0.25) is 0 Å². The van der Waals surface area contributed by atoms with Gasteiger partial charge in [0.1, 0.15) is 0 Å². The fraction of sp³-hybridized carbons (Fsp3) is 0. The zero-order valence-electron chi connectivity index (χ0n) is 29.5. The van der Waals surface area contributed by atoms with E-state index in [1.54, 1.807) is 0 Å².